The van der Waals surface area contributed by atoms with Crippen LogP contribution in [0.1, 0.15) is 72.6 Å². The lowest BCUT2D eigenvalue weighted by molar-refractivity contribution is -0.0131. The Kier molecular flexibility index (Phi) is 6.95. The van der Waals surface area contributed by atoms with Crippen molar-refractivity contribution in [2.45, 2.75) is 97.6 Å². The third kappa shape index (κ3) is 5.63. The van der Waals surface area contributed by atoms with Crippen LogP contribution >= 0.6 is 0 Å². The second-order valence-corrected chi connectivity index (χ2v) is 16.0. The van der Waals surface area contributed by atoms with Crippen LogP contribution in [0.3, 0.4) is 0 Å². The molecule has 29 heavy (non-hydrogen) atoms. The first-order chi connectivity index (χ1) is 13.1. The van der Waals surface area contributed by atoms with Gasteiger partial charge in [-0.25, -0.2) is 4.79 Å². The molecule has 2 rings (SSSR count). The first-order valence-electron chi connectivity index (χ1n) is 10.9. The molecule has 1 aliphatic heterocycles. The van der Waals surface area contributed by atoms with Crippen molar-refractivity contribution < 1.29 is 14.0 Å². The highest BCUT2D eigenvalue weighted by molar-refractivity contribution is 6.74. The van der Waals surface area contributed by atoms with Gasteiger partial charge in [0.1, 0.15) is 5.60 Å². The highest BCUT2D eigenvalue weighted by Gasteiger charge is 2.43. The zero-order valence-electron chi connectivity index (χ0n) is 20.1. The van der Waals surface area contributed by atoms with Gasteiger partial charge in [-0.05, 0) is 62.4 Å². The van der Waals surface area contributed by atoms with Crippen molar-refractivity contribution in [1.29, 1.82) is 0 Å². The average molecular weight is 420 g/mol. The molecule has 1 aromatic rings. The molecule has 4 nitrogen and oxygen atoms in total. The van der Waals surface area contributed by atoms with Gasteiger partial charge in [-0.2, -0.15) is 0 Å². The van der Waals surface area contributed by atoms with E-state index in [0.29, 0.717) is 6.61 Å². The second kappa shape index (κ2) is 8.42. The fraction of sp³-hybridized carbons (Fsp3) is 0.708. The van der Waals surface area contributed by atoms with Crippen LogP contribution in [0, 0.1) is 5.92 Å². The number of ether oxygens (including phenoxy) is 1. The van der Waals surface area contributed by atoms with Gasteiger partial charge in [-0.3, -0.25) is 4.90 Å². The van der Waals surface area contributed by atoms with Gasteiger partial charge in [0.2, 0.25) is 0 Å². The first kappa shape index (κ1) is 23.9. The van der Waals surface area contributed by atoms with Crippen molar-refractivity contribution >= 4 is 14.4 Å². The lowest BCUT2D eigenvalue weighted by atomic mass is 9.83. The summed E-state index contributed by atoms with van der Waals surface area (Å²) in [5.41, 5.74) is 2.02. The number of fused-ring (bicyclic) bond motifs is 1. The number of amides is 1. The van der Waals surface area contributed by atoms with Crippen molar-refractivity contribution in [2.75, 3.05) is 6.61 Å². The largest absolute Gasteiger partial charge is 0.444 e. The lowest BCUT2D eigenvalue weighted by Crippen LogP contribution is -2.54. The van der Waals surface area contributed by atoms with Gasteiger partial charge in [0.25, 0.3) is 0 Å². The Bertz CT molecular complexity index is 716. The molecule has 0 aromatic heterocycles. The second-order valence-electron chi connectivity index (χ2n) is 11.2. The summed E-state index contributed by atoms with van der Waals surface area (Å²) in [5, 5.41) is 0.133. The molecule has 5 heteroatoms. The van der Waals surface area contributed by atoms with E-state index in [9.17, 15) is 4.79 Å². The van der Waals surface area contributed by atoms with E-state index in [1.807, 2.05) is 25.7 Å². The maximum atomic E-state index is 13.3. The topological polar surface area (TPSA) is 38.8 Å². The third-order valence-electron chi connectivity index (χ3n) is 6.20. The van der Waals surface area contributed by atoms with E-state index in [-0.39, 0.29) is 29.1 Å². The standard InChI is InChI=1S/C24H41NO3Si/c1-17(2)21-20-14-12-11-13-18(20)15-19(16-27-29(9,10)24(6,7)8)25(21)22(26)28-23(3,4)5/h11-14,17,19,21H,15-16H2,1-10H3/t19-,21-/m0/s1. The number of carbonyl (C=O) groups excluding carboxylic acids is 1. The highest BCUT2D eigenvalue weighted by Crippen LogP contribution is 2.41. The molecule has 164 valence electrons. The number of carbonyl (C=O) groups is 1. The van der Waals surface area contributed by atoms with Crippen molar-refractivity contribution in [2.24, 2.45) is 5.92 Å². The Morgan fingerprint density at radius 1 is 1.14 bits per heavy atom. The van der Waals surface area contributed by atoms with Crippen LogP contribution in [-0.4, -0.2) is 37.6 Å². The van der Waals surface area contributed by atoms with Crippen LogP contribution < -0.4 is 0 Å². The van der Waals surface area contributed by atoms with Gasteiger partial charge < -0.3 is 9.16 Å². The van der Waals surface area contributed by atoms with E-state index in [4.69, 9.17) is 9.16 Å². The van der Waals surface area contributed by atoms with Gasteiger partial charge in [0.15, 0.2) is 8.32 Å². The zero-order valence-corrected chi connectivity index (χ0v) is 21.1. The average Bonchev–Trinajstić information content (AvgIpc) is 2.55. The number of hydrogen-bond donors (Lipinski definition) is 0. The smallest absolute Gasteiger partial charge is 0.411 e. The molecular formula is C24H41NO3Si. The van der Waals surface area contributed by atoms with E-state index in [1.54, 1.807) is 0 Å². The van der Waals surface area contributed by atoms with Crippen molar-refractivity contribution in [3.05, 3.63) is 35.4 Å². The monoisotopic (exact) mass is 419 g/mol. The summed E-state index contributed by atoms with van der Waals surface area (Å²) in [6.07, 6.45) is 0.558. The fourth-order valence-corrected chi connectivity index (χ4v) is 4.70. The maximum absolute atomic E-state index is 13.3. The Morgan fingerprint density at radius 2 is 1.72 bits per heavy atom. The van der Waals surface area contributed by atoms with Crippen LogP contribution in [-0.2, 0) is 15.6 Å². The molecule has 1 aromatic carbocycles. The minimum Gasteiger partial charge on any atom is -0.444 e. The molecule has 0 spiro atoms. The predicted molar refractivity (Wildman–Crippen MR) is 123 cm³/mol. The molecule has 0 saturated carbocycles. The summed E-state index contributed by atoms with van der Waals surface area (Å²) in [6, 6.07) is 8.46. The van der Waals surface area contributed by atoms with Crippen molar-refractivity contribution in [3.8, 4) is 0 Å². The summed E-state index contributed by atoms with van der Waals surface area (Å²) in [6.45, 7) is 22.0. The molecular weight excluding hydrogens is 378 g/mol. The highest BCUT2D eigenvalue weighted by atomic mass is 28.4. The minimum atomic E-state index is -1.92. The summed E-state index contributed by atoms with van der Waals surface area (Å²) >= 11 is 0. The van der Waals surface area contributed by atoms with Crippen LogP contribution in [0.25, 0.3) is 0 Å². The summed E-state index contributed by atoms with van der Waals surface area (Å²) in [4.78, 5) is 15.3. The molecule has 0 unspecified atom stereocenters. The van der Waals surface area contributed by atoms with E-state index >= 15 is 0 Å². The summed E-state index contributed by atoms with van der Waals surface area (Å²) < 4.78 is 12.4. The van der Waals surface area contributed by atoms with Gasteiger partial charge >= 0.3 is 6.09 Å². The van der Waals surface area contributed by atoms with Crippen molar-refractivity contribution in [1.82, 2.24) is 4.90 Å². The van der Waals surface area contributed by atoms with Gasteiger partial charge in [-0.1, -0.05) is 58.9 Å². The predicted octanol–water partition coefficient (Wildman–Crippen LogP) is 6.57. The molecule has 1 heterocycles. The molecule has 0 bridgehead atoms. The van der Waals surface area contributed by atoms with Crippen LogP contribution in [0.15, 0.2) is 24.3 Å². The minimum absolute atomic E-state index is 0.0113. The number of benzene rings is 1. The fourth-order valence-electron chi connectivity index (χ4n) is 3.66. The Morgan fingerprint density at radius 3 is 2.24 bits per heavy atom. The molecule has 0 fully saturated rings. The lowest BCUT2D eigenvalue weighted by Gasteiger charge is -2.46. The van der Waals surface area contributed by atoms with E-state index in [1.165, 1.54) is 11.1 Å². The van der Waals surface area contributed by atoms with Gasteiger partial charge in [-0.15, -0.1) is 0 Å². The number of nitrogens with zero attached hydrogens (tertiary/aromatic N) is 1. The first-order valence-corrected chi connectivity index (χ1v) is 13.8. The normalized spacial score (nSPS) is 20.6. The van der Waals surface area contributed by atoms with Crippen LogP contribution in [0.2, 0.25) is 18.1 Å². The summed E-state index contributed by atoms with van der Waals surface area (Å²) in [7, 11) is -1.92. The maximum Gasteiger partial charge on any atom is 0.411 e. The SMILES string of the molecule is CC(C)[C@H]1c2ccccc2C[C@@H](CO[Si](C)(C)C(C)(C)C)N1C(=O)OC(C)(C)C. The molecule has 2 atom stereocenters. The van der Waals surface area contributed by atoms with Gasteiger partial charge in [0.05, 0.1) is 18.7 Å². The zero-order chi connectivity index (χ0) is 22.2. The van der Waals surface area contributed by atoms with Crippen LogP contribution in [0.4, 0.5) is 4.79 Å². The Labute approximate surface area is 179 Å². The van der Waals surface area contributed by atoms with Crippen molar-refractivity contribution in [3.63, 3.8) is 0 Å². The quantitative estimate of drug-likeness (QED) is 0.518. The summed E-state index contributed by atoms with van der Waals surface area (Å²) in [5.74, 6) is 0.277. The third-order valence-corrected chi connectivity index (χ3v) is 10.7. The molecule has 1 amide bonds. The molecule has 0 radical (unpaired) electrons. The van der Waals surface area contributed by atoms with E-state index in [2.05, 4.69) is 72.0 Å². The Hall–Kier alpha value is -1.33. The molecule has 0 saturated heterocycles. The number of hydrogen-bond acceptors (Lipinski definition) is 3. The van der Waals surface area contributed by atoms with Gasteiger partial charge in [0, 0.05) is 0 Å². The number of rotatable bonds is 4. The van der Waals surface area contributed by atoms with E-state index < -0.39 is 13.9 Å². The molecule has 0 aliphatic carbocycles. The Balaban J connectivity index is 2.41. The molecule has 0 N–H and O–H groups in total. The van der Waals surface area contributed by atoms with E-state index in [0.717, 1.165) is 6.42 Å². The van der Waals surface area contributed by atoms with Crippen LogP contribution in [0.5, 0.6) is 0 Å². The molecule has 1 aliphatic rings.